The van der Waals surface area contributed by atoms with E-state index in [1.54, 1.807) is 31.3 Å². The first-order valence-corrected chi connectivity index (χ1v) is 9.12. The number of benzene rings is 1. The van der Waals surface area contributed by atoms with Gasteiger partial charge in [-0.2, -0.15) is 0 Å². The maximum atomic E-state index is 12.6. The lowest BCUT2D eigenvalue weighted by Crippen LogP contribution is -2.38. The monoisotopic (exact) mass is 371 g/mol. The van der Waals surface area contributed by atoms with Crippen LogP contribution in [-0.4, -0.2) is 41.8 Å². The molecule has 1 fully saturated rings. The van der Waals surface area contributed by atoms with E-state index in [1.165, 1.54) is 0 Å². The van der Waals surface area contributed by atoms with Gasteiger partial charge in [0, 0.05) is 42.3 Å². The van der Waals surface area contributed by atoms with E-state index in [0.717, 1.165) is 24.2 Å². The van der Waals surface area contributed by atoms with Crippen molar-refractivity contribution in [1.82, 2.24) is 15.2 Å². The molecule has 0 atom stereocenters. The van der Waals surface area contributed by atoms with Crippen LogP contribution < -0.4 is 5.32 Å². The van der Waals surface area contributed by atoms with Crippen molar-refractivity contribution in [3.8, 4) is 0 Å². The Bertz CT molecular complexity index is 812. The van der Waals surface area contributed by atoms with Crippen LogP contribution in [0.1, 0.15) is 50.9 Å². The van der Waals surface area contributed by atoms with E-state index >= 15 is 0 Å². The molecule has 0 saturated carbocycles. The second-order valence-electron chi connectivity index (χ2n) is 6.54. The molecule has 0 bridgehead atoms. The molecule has 0 spiro atoms. The number of rotatable bonds is 3. The van der Waals surface area contributed by atoms with E-state index in [-0.39, 0.29) is 17.7 Å². The minimum absolute atomic E-state index is 0.0174. The highest BCUT2D eigenvalue weighted by Crippen LogP contribution is 2.30. The van der Waals surface area contributed by atoms with Gasteiger partial charge in [-0.05, 0) is 56.2 Å². The van der Waals surface area contributed by atoms with Crippen molar-refractivity contribution in [3.63, 3.8) is 0 Å². The smallest absolute Gasteiger partial charge is 0.253 e. The van der Waals surface area contributed by atoms with Crippen LogP contribution in [0.4, 0.5) is 0 Å². The topological polar surface area (TPSA) is 62.3 Å². The van der Waals surface area contributed by atoms with Gasteiger partial charge in [0.05, 0.1) is 11.3 Å². The Hall–Kier alpha value is -2.40. The van der Waals surface area contributed by atoms with Gasteiger partial charge in [0.15, 0.2) is 0 Å². The largest absolute Gasteiger partial charge is 0.355 e. The van der Waals surface area contributed by atoms with Gasteiger partial charge in [0.2, 0.25) is 0 Å². The Balaban J connectivity index is 1.73. The first-order valence-electron chi connectivity index (χ1n) is 8.74. The summed E-state index contributed by atoms with van der Waals surface area (Å²) in [5, 5.41) is 3.30. The minimum Gasteiger partial charge on any atom is -0.355 e. The number of likely N-dealkylation sites (tertiary alicyclic amines) is 1. The van der Waals surface area contributed by atoms with Gasteiger partial charge in [-0.25, -0.2) is 0 Å². The van der Waals surface area contributed by atoms with Crippen molar-refractivity contribution in [1.29, 1.82) is 0 Å². The normalized spacial score (nSPS) is 15.0. The molecule has 3 rings (SSSR count). The summed E-state index contributed by atoms with van der Waals surface area (Å²) in [6.07, 6.45) is 1.58. The van der Waals surface area contributed by atoms with Crippen LogP contribution in [0.25, 0.3) is 0 Å². The van der Waals surface area contributed by atoms with Crippen LogP contribution in [0.3, 0.4) is 0 Å². The summed E-state index contributed by atoms with van der Waals surface area (Å²) in [6.45, 7) is 3.22. The van der Waals surface area contributed by atoms with Gasteiger partial charge in [0.25, 0.3) is 11.8 Å². The second-order valence-corrected chi connectivity index (χ2v) is 6.97. The van der Waals surface area contributed by atoms with E-state index in [9.17, 15) is 9.59 Å². The van der Waals surface area contributed by atoms with Gasteiger partial charge in [-0.3, -0.25) is 14.6 Å². The van der Waals surface area contributed by atoms with Crippen LogP contribution in [0, 0.1) is 6.92 Å². The molecule has 1 aromatic heterocycles. The Morgan fingerprint density at radius 2 is 1.77 bits per heavy atom. The third kappa shape index (κ3) is 3.88. The van der Waals surface area contributed by atoms with E-state index in [4.69, 9.17) is 11.6 Å². The van der Waals surface area contributed by atoms with Gasteiger partial charge < -0.3 is 10.2 Å². The Labute approximate surface area is 158 Å². The molecule has 2 aromatic rings. The van der Waals surface area contributed by atoms with Crippen LogP contribution in [0.2, 0.25) is 5.02 Å². The third-order valence-corrected chi connectivity index (χ3v) is 5.05. The summed E-state index contributed by atoms with van der Waals surface area (Å²) in [4.78, 5) is 31.3. The fourth-order valence-corrected chi connectivity index (χ4v) is 3.47. The molecule has 136 valence electrons. The highest BCUT2D eigenvalue weighted by atomic mass is 35.5. The number of hydrogen-bond donors (Lipinski definition) is 1. The number of carbonyl (C=O) groups excluding carboxylic acids is 2. The number of aryl methyl sites for hydroxylation is 1. The number of piperidine rings is 1. The minimum atomic E-state index is -0.118. The zero-order valence-electron chi connectivity index (χ0n) is 15.0. The maximum absolute atomic E-state index is 12.6. The Morgan fingerprint density at radius 3 is 2.38 bits per heavy atom. The predicted octanol–water partition coefficient (Wildman–Crippen LogP) is 3.42. The maximum Gasteiger partial charge on any atom is 0.253 e. The van der Waals surface area contributed by atoms with Crippen molar-refractivity contribution in [3.05, 3.63) is 63.9 Å². The number of carbonyl (C=O) groups is 2. The zero-order valence-corrected chi connectivity index (χ0v) is 15.7. The molecule has 26 heavy (non-hydrogen) atoms. The standard InChI is InChI=1S/C20H22ClN3O2/c1-13-3-8-17(19(25)22-2)18(23-13)14-9-11-24(12-10-14)20(26)15-4-6-16(21)7-5-15/h3-8,14H,9-12H2,1-2H3,(H,22,25). The first kappa shape index (κ1) is 18.4. The quantitative estimate of drug-likeness (QED) is 0.899. The summed E-state index contributed by atoms with van der Waals surface area (Å²) in [5.74, 6) is 0.0764. The first-order chi connectivity index (χ1) is 12.5. The molecular formula is C20H22ClN3O2. The van der Waals surface area contributed by atoms with Crippen LogP contribution >= 0.6 is 11.6 Å². The molecule has 1 aliphatic rings. The van der Waals surface area contributed by atoms with E-state index in [0.29, 0.717) is 29.2 Å². The molecule has 1 aliphatic heterocycles. The Morgan fingerprint density at radius 1 is 1.12 bits per heavy atom. The molecule has 5 nitrogen and oxygen atoms in total. The van der Waals surface area contributed by atoms with Crippen molar-refractivity contribution in [2.75, 3.05) is 20.1 Å². The fourth-order valence-electron chi connectivity index (χ4n) is 3.35. The van der Waals surface area contributed by atoms with Gasteiger partial charge in [-0.1, -0.05) is 11.6 Å². The SMILES string of the molecule is CNC(=O)c1ccc(C)nc1C1CCN(C(=O)c2ccc(Cl)cc2)CC1. The second kappa shape index (κ2) is 7.87. The predicted molar refractivity (Wildman–Crippen MR) is 102 cm³/mol. The molecular weight excluding hydrogens is 350 g/mol. The molecule has 1 N–H and O–H groups in total. The molecule has 2 heterocycles. The highest BCUT2D eigenvalue weighted by molar-refractivity contribution is 6.30. The number of halogens is 1. The number of hydrogen-bond acceptors (Lipinski definition) is 3. The van der Waals surface area contributed by atoms with Crippen LogP contribution in [0.15, 0.2) is 36.4 Å². The number of amides is 2. The van der Waals surface area contributed by atoms with Gasteiger partial charge in [-0.15, -0.1) is 0 Å². The van der Waals surface area contributed by atoms with E-state index < -0.39 is 0 Å². The summed E-state index contributed by atoms with van der Waals surface area (Å²) >= 11 is 5.89. The lowest BCUT2D eigenvalue weighted by atomic mass is 9.89. The molecule has 0 unspecified atom stereocenters. The lowest BCUT2D eigenvalue weighted by Gasteiger charge is -2.32. The molecule has 1 saturated heterocycles. The summed E-state index contributed by atoms with van der Waals surface area (Å²) < 4.78 is 0. The average molecular weight is 372 g/mol. The van der Waals surface area contributed by atoms with Gasteiger partial charge in [0.1, 0.15) is 0 Å². The number of nitrogens with one attached hydrogen (secondary N) is 1. The van der Waals surface area contributed by atoms with Crippen molar-refractivity contribution in [2.45, 2.75) is 25.7 Å². The summed E-state index contributed by atoms with van der Waals surface area (Å²) in [5.41, 5.74) is 3.00. The zero-order chi connectivity index (χ0) is 18.7. The van der Waals surface area contributed by atoms with Gasteiger partial charge >= 0.3 is 0 Å². The molecule has 6 heteroatoms. The third-order valence-electron chi connectivity index (χ3n) is 4.80. The van der Waals surface area contributed by atoms with Crippen molar-refractivity contribution >= 4 is 23.4 Å². The van der Waals surface area contributed by atoms with Crippen molar-refractivity contribution in [2.24, 2.45) is 0 Å². The van der Waals surface area contributed by atoms with Crippen LogP contribution in [-0.2, 0) is 0 Å². The average Bonchev–Trinajstić information content (AvgIpc) is 2.67. The van der Waals surface area contributed by atoms with Crippen molar-refractivity contribution < 1.29 is 9.59 Å². The Kier molecular flexibility index (Phi) is 5.57. The van der Waals surface area contributed by atoms with E-state index in [2.05, 4.69) is 10.3 Å². The van der Waals surface area contributed by atoms with Crippen LogP contribution in [0.5, 0.6) is 0 Å². The number of aromatic nitrogens is 1. The number of pyridine rings is 1. The molecule has 2 amide bonds. The lowest BCUT2D eigenvalue weighted by molar-refractivity contribution is 0.0710. The highest BCUT2D eigenvalue weighted by Gasteiger charge is 2.28. The molecule has 1 aromatic carbocycles. The summed E-state index contributed by atoms with van der Waals surface area (Å²) in [7, 11) is 1.62. The molecule has 0 radical (unpaired) electrons. The fraction of sp³-hybridized carbons (Fsp3) is 0.350. The van der Waals surface area contributed by atoms with E-state index in [1.807, 2.05) is 24.0 Å². The summed E-state index contributed by atoms with van der Waals surface area (Å²) in [6, 6.07) is 10.7. The number of nitrogens with zero attached hydrogens (tertiary/aromatic N) is 2. The molecule has 0 aliphatic carbocycles.